The van der Waals surface area contributed by atoms with Gasteiger partial charge < -0.3 is 5.32 Å². The lowest BCUT2D eigenvalue weighted by Crippen LogP contribution is -2.24. The maximum Gasteiger partial charge on any atom is 0.141 e. The first kappa shape index (κ1) is 10.1. The first-order valence-corrected chi connectivity index (χ1v) is 4.51. The van der Waals surface area contributed by atoms with Crippen LogP contribution in [0.4, 0.5) is 4.39 Å². The van der Waals surface area contributed by atoms with Crippen LogP contribution in [-0.4, -0.2) is 17.6 Å². The number of nitrogens with zero attached hydrogens (tertiary/aromatic N) is 1. The molecule has 13 heavy (non-hydrogen) atoms. The molecule has 0 saturated heterocycles. The molecule has 1 heterocycles. The highest BCUT2D eigenvalue weighted by molar-refractivity contribution is 5.10. The molecule has 0 bridgehead atoms. The molecule has 72 valence electrons. The minimum Gasteiger partial charge on any atom is -0.314 e. The summed E-state index contributed by atoms with van der Waals surface area (Å²) in [5.41, 5.74) is 0.938. The van der Waals surface area contributed by atoms with E-state index in [1.807, 2.05) is 0 Å². The van der Waals surface area contributed by atoms with Crippen LogP contribution in [0.2, 0.25) is 0 Å². The van der Waals surface area contributed by atoms with Gasteiger partial charge in [-0.25, -0.2) is 4.39 Å². The fraction of sp³-hybridized carbons (Fsp3) is 0.500. The first-order chi connectivity index (χ1) is 6.18. The highest BCUT2D eigenvalue weighted by Crippen LogP contribution is 2.00. The van der Waals surface area contributed by atoms with Gasteiger partial charge in [-0.15, -0.1) is 0 Å². The molecule has 0 amide bonds. The molecule has 0 fully saturated rings. The summed E-state index contributed by atoms with van der Waals surface area (Å²) >= 11 is 0. The Morgan fingerprint density at radius 3 is 2.85 bits per heavy atom. The number of hydrogen-bond acceptors (Lipinski definition) is 2. The zero-order chi connectivity index (χ0) is 9.68. The van der Waals surface area contributed by atoms with Crippen molar-refractivity contribution in [3.8, 4) is 0 Å². The molecule has 1 N–H and O–H groups in total. The van der Waals surface area contributed by atoms with Gasteiger partial charge in [0.25, 0.3) is 0 Å². The van der Waals surface area contributed by atoms with Crippen LogP contribution in [-0.2, 0) is 6.42 Å². The summed E-state index contributed by atoms with van der Waals surface area (Å²) in [6.45, 7) is 5.04. The van der Waals surface area contributed by atoms with Crippen molar-refractivity contribution in [2.24, 2.45) is 0 Å². The van der Waals surface area contributed by atoms with Crippen LogP contribution < -0.4 is 5.32 Å². The van der Waals surface area contributed by atoms with E-state index in [2.05, 4.69) is 24.1 Å². The standard InChI is InChI=1S/C10H15FN2/c1-8(2)13-4-3-9-5-10(11)7-12-6-9/h5-8,13H,3-4H2,1-2H3. The fourth-order valence-electron chi connectivity index (χ4n) is 1.10. The van der Waals surface area contributed by atoms with Crippen molar-refractivity contribution >= 4 is 0 Å². The second-order valence-electron chi connectivity index (χ2n) is 3.37. The predicted octanol–water partition coefficient (Wildman–Crippen LogP) is 1.76. The molecule has 0 aliphatic rings. The molecular formula is C10H15FN2. The Labute approximate surface area is 78.2 Å². The summed E-state index contributed by atoms with van der Waals surface area (Å²) in [5.74, 6) is -0.262. The molecule has 0 aliphatic carbocycles. The van der Waals surface area contributed by atoms with Crippen molar-refractivity contribution in [2.75, 3.05) is 6.54 Å². The highest BCUT2D eigenvalue weighted by Gasteiger charge is 1.96. The average Bonchev–Trinajstić information content (AvgIpc) is 2.03. The number of hydrogen-bond donors (Lipinski definition) is 1. The number of halogens is 1. The molecule has 0 unspecified atom stereocenters. The Morgan fingerprint density at radius 1 is 1.46 bits per heavy atom. The van der Waals surface area contributed by atoms with Crippen molar-refractivity contribution in [2.45, 2.75) is 26.3 Å². The summed E-state index contributed by atoms with van der Waals surface area (Å²) in [7, 11) is 0. The van der Waals surface area contributed by atoms with Crippen LogP contribution in [0.15, 0.2) is 18.5 Å². The lowest BCUT2D eigenvalue weighted by molar-refractivity contribution is 0.585. The first-order valence-electron chi connectivity index (χ1n) is 4.51. The summed E-state index contributed by atoms with van der Waals surface area (Å²) < 4.78 is 12.7. The third-order valence-electron chi connectivity index (χ3n) is 1.73. The SMILES string of the molecule is CC(C)NCCc1cncc(F)c1. The smallest absolute Gasteiger partial charge is 0.141 e. The monoisotopic (exact) mass is 182 g/mol. The Bertz CT molecular complexity index is 261. The Balaban J connectivity index is 2.37. The number of pyridine rings is 1. The summed E-state index contributed by atoms with van der Waals surface area (Å²) in [5, 5.41) is 3.26. The second kappa shape index (κ2) is 4.92. The van der Waals surface area contributed by atoms with E-state index in [1.54, 1.807) is 6.20 Å². The predicted molar refractivity (Wildman–Crippen MR) is 51.0 cm³/mol. The molecule has 1 aromatic heterocycles. The molecule has 0 radical (unpaired) electrons. The quantitative estimate of drug-likeness (QED) is 0.767. The average molecular weight is 182 g/mol. The molecular weight excluding hydrogens is 167 g/mol. The molecule has 0 saturated carbocycles. The van der Waals surface area contributed by atoms with Crippen molar-refractivity contribution in [3.63, 3.8) is 0 Å². The minimum atomic E-state index is -0.262. The molecule has 3 heteroatoms. The topological polar surface area (TPSA) is 24.9 Å². The largest absolute Gasteiger partial charge is 0.314 e. The van der Waals surface area contributed by atoms with Crippen LogP contribution in [0.5, 0.6) is 0 Å². The van der Waals surface area contributed by atoms with Crippen molar-refractivity contribution in [3.05, 3.63) is 29.8 Å². The van der Waals surface area contributed by atoms with Crippen LogP contribution in [0, 0.1) is 5.82 Å². The van der Waals surface area contributed by atoms with E-state index in [4.69, 9.17) is 0 Å². The van der Waals surface area contributed by atoms with Crippen molar-refractivity contribution in [1.29, 1.82) is 0 Å². The lowest BCUT2D eigenvalue weighted by Gasteiger charge is -2.07. The minimum absolute atomic E-state index is 0.262. The van der Waals surface area contributed by atoms with E-state index in [9.17, 15) is 4.39 Å². The molecule has 2 nitrogen and oxygen atoms in total. The zero-order valence-corrected chi connectivity index (χ0v) is 8.05. The van der Waals surface area contributed by atoms with Crippen molar-refractivity contribution < 1.29 is 4.39 Å². The molecule has 0 aliphatic heterocycles. The van der Waals surface area contributed by atoms with Crippen molar-refractivity contribution in [1.82, 2.24) is 10.3 Å². The fourth-order valence-corrected chi connectivity index (χ4v) is 1.10. The van der Waals surface area contributed by atoms with Gasteiger partial charge in [-0.05, 0) is 24.6 Å². The highest BCUT2D eigenvalue weighted by atomic mass is 19.1. The van der Waals surface area contributed by atoms with E-state index in [0.717, 1.165) is 18.5 Å². The van der Waals surface area contributed by atoms with E-state index < -0.39 is 0 Å². The lowest BCUT2D eigenvalue weighted by atomic mass is 10.2. The van der Waals surface area contributed by atoms with Gasteiger partial charge in [-0.3, -0.25) is 4.98 Å². The Morgan fingerprint density at radius 2 is 2.23 bits per heavy atom. The van der Waals surface area contributed by atoms with Crippen LogP contribution >= 0.6 is 0 Å². The van der Waals surface area contributed by atoms with E-state index in [1.165, 1.54) is 12.3 Å². The maximum absolute atomic E-state index is 12.7. The van der Waals surface area contributed by atoms with Crippen LogP contribution in [0.3, 0.4) is 0 Å². The number of aromatic nitrogens is 1. The Hall–Kier alpha value is -0.960. The third kappa shape index (κ3) is 3.99. The molecule has 1 rings (SSSR count). The summed E-state index contributed by atoms with van der Waals surface area (Å²) in [4.78, 5) is 3.78. The maximum atomic E-state index is 12.7. The molecule has 0 atom stereocenters. The zero-order valence-electron chi connectivity index (χ0n) is 8.05. The summed E-state index contributed by atoms with van der Waals surface area (Å²) in [6.07, 6.45) is 3.74. The normalized spacial score (nSPS) is 10.8. The molecule has 0 spiro atoms. The van der Waals surface area contributed by atoms with Crippen LogP contribution in [0.25, 0.3) is 0 Å². The van der Waals surface area contributed by atoms with Gasteiger partial charge in [0.05, 0.1) is 6.20 Å². The van der Waals surface area contributed by atoms with Gasteiger partial charge in [0.2, 0.25) is 0 Å². The Kier molecular flexibility index (Phi) is 3.83. The number of rotatable bonds is 4. The van der Waals surface area contributed by atoms with Gasteiger partial charge in [0, 0.05) is 12.2 Å². The van der Waals surface area contributed by atoms with Gasteiger partial charge in [-0.1, -0.05) is 13.8 Å². The number of nitrogens with one attached hydrogen (secondary N) is 1. The van der Waals surface area contributed by atoms with Gasteiger partial charge in [0.1, 0.15) is 5.82 Å². The third-order valence-corrected chi connectivity index (χ3v) is 1.73. The van der Waals surface area contributed by atoms with E-state index >= 15 is 0 Å². The van der Waals surface area contributed by atoms with E-state index in [0.29, 0.717) is 6.04 Å². The van der Waals surface area contributed by atoms with Gasteiger partial charge in [0.15, 0.2) is 0 Å². The van der Waals surface area contributed by atoms with Gasteiger partial charge in [-0.2, -0.15) is 0 Å². The second-order valence-corrected chi connectivity index (χ2v) is 3.37. The van der Waals surface area contributed by atoms with E-state index in [-0.39, 0.29) is 5.82 Å². The molecule has 1 aromatic rings. The van der Waals surface area contributed by atoms with Crippen LogP contribution in [0.1, 0.15) is 19.4 Å². The summed E-state index contributed by atoms with van der Waals surface area (Å²) in [6, 6.07) is 2.00. The molecule has 0 aromatic carbocycles. The van der Waals surface area contributed by atoms with Gasteiger partial charge >= 0.3 is 0 Å².